The lowest BCUT2D eigenvalue weighted by molar-refractivity contribution is -0.124. The van der Waals surface area contributed by atoms with E-state index in [-0.39, 0.29) is 22.3 Å². The number of sulfonamides is 1. The second-order valence-corrected chi connectivity index (χ2v) is 10.1. The van der Waals surface area contributed by atoms with E-state index in [1.54, 1.807) is 0 Å². The fraction of sp³-hybridized carbons (Fsp3) is 0.391. The minimum atomic E-state index is -3.71. The highest BCUT2D eigenvalue weighted by atomic mass is 32.2. The molecule has 1 aliphatic rings. The van der Waals surface area contributed by atoms with Crippen molar-refractivity contribution in [2.75, 3.05) is 19.7 Å². The van der Waals surface area contributed by atoms with Crippen LogP contribution in [0.2, 0.25) is 0 Å². The summed E-state index contributed by atoms with van der Waals surface area (Å²) < 4.78 is 32.6. The minimum Gasteiger partial charge on any atom is -0.452 e. The van der Waals surface area contributed by atoms with Gasteiger partial charge in [0, 0.05) is 19.6 Å². The van der Waals surface area contributed by atoms with Crippen molar-refractivity contribution in [3.05, 3.63) is 65.7 Å². The Morgan fingerprint density at radius 1 is 1.03 bits per heavy atom. The van der Waals surface area contributed by atoms with E-state index in [0.717, 1.165) is 12.0 Å². The van der Waals surface area contributed by atoms with E-state index in [1.807, 2.05) is 44.2 Å². The predicted octanol–water partition coefficient (Wildman–Crippen LogP) is 2.83. The van der Waals surface area contributed by atoms with E-state index >= 15 is 0 Å². The van der Waals surface area contributed by atoms with Crippen molar-refractivity contribution in [3.8, 4) is 0 Å². The summed E-state index contributed by atoms with van der Waals surface area (Å²) in [6.07, 6.45) is 0.991. The smallest absolute Gasteiger partial charge is 0.338 e. The number of hydrogen-bond acceptors (Lipinski definition) is 5. The molecule has 1 aliphatic heterocycles. The summed E-state index contributed by atoms with van der Waals surface area (Å²) in [4.78, 5) is 24.4. The van der Waals surface area contributed by atoms with Crippen molar-refractivity contribution in [1.29, 1.82) is 0 Å². The fourth-order valence-electron chi connectivity index (χ4n) is 3.80. The Morgan fingerprint density at radius 2 is 1.71 bits per heavy atom. The maximum atomic E-state index is 13.0. The molecule has 31 heavy (non-hydrogen) atoms. The number of esters is 1. The van der Waals surface area contributed by atoms with Gasteiger partial charge < -0.3 is 10.1 Å². The van der Waals surface area contributed by atoms with Crippen molar-refractivity contribution >= 4 is 21.9 Å². The number of carbonyl (C=O) groups excluding carboxylic acids is 2. The van der Waals surface area contributed by atoms with Gasteiger partial charge in [-0.1, -0.05) is 50.2 Å². The molecule has 0 saturated carbocycles. The number of ether oxygens (including phenoxy) is 1. The van der Waals surface area contributed by atoms with Gasteiger partial charge in [-0.25, -0.2) is 13.2 Å². The zero-order valence-electron chi connectivity index (χ0n) is 17.8. The second-order valence-electron chi connectivity index (χ2n) is 8.13. The van der Waals surface area contributed by atoms with E-state index in [1.165, 1.54) is 28.6 Å². The molecule has 1 fully saturated rings. The summed E-state index contributed by atoms with van der Waals surface area (Å²) in [7, 11) is -3.71. The minimum absolute atomic E-state index is 0.0526. The number of benzene rings is 2. The molecule has 1 N–H and O–H groups in total. The topological polar surface area (TPSA) is 92.8 Å². The molecule has 0 aliphatic carbocycles. The predicted molar refractivity (Wildman–Crippen MR) is 117 cm³/mol. The van der Waals surface area contributed by atoms with E-state index < -0.39 is 28.5 Å². The van der Waals surface area contributed by atoms with Crippen LogP contribution in [-0.4, -0.2) is 44.3 Å². The van der Waals surface area contributed by atoms with Gasteiger partial charge in [0.15, 0.2) is 6.61 Å². The van der Waals surface area contributed by atoms with E-state index in [0.29, 0.717) is 19.6 Å². The summed E-state index contributed by atoms with van der Waals surface area (Å²) in [6, 6.07) is 15.1. The molecule has 0 bridgehead atoms. The van der Waals surface area contributed by atoms with E-state index in [9.17, 15) is 18.0 Å². The molecule has 1 amide bonds. The summed E-state index contributed by atoms with van der Waals surface area (Å²) in [5, 5.41) is 2.67. The summed E-state index contributed by atoms with van der Waals surface area (Å²) in [5.74, 6) is -0.619. The molecule has 1 saturated heterocycles. The van der Waals surface area contributed by atoms with Crippen molar-refractivity contribution in [2.45, 2.75) is 31.7 Å². The van der Waals surface area contributed by atoms with Gasteiger partial charge >= 0.3 is 5.97 Å². The summed E-state index contributed by atoms with van der Waals surface area (Å²) >= 11 is 0. The molecule has 2 aromatic rings. The third-order valence-electron chi connectivity index (χ3n) is 5.21. The van der Waals surface area contributed by atoms with Crippen LogP contribution >= 0.6 is 0 Å². The lowest BCUT2D eigenvalue weighted by Gasteiger charge is -2.34. The van der Waals surface area contributed by atoms with Crippen molar-refractivity contribution in [3.63, 3.8) is 0 Å². The first-order chi connectivity index (χ1) is 14.8. The van der Waals surface area contributed by atoms with Crippen LogP contribution in [0.1, 0.15) is 36.2 Å². The Balaban J connectivity index is 1.60. The third kappa shape index (κ3) is 6.15. The van der Waals surface area contributed by atoms with Gasteiger partial charge in [-0.2, -0.15) is 4.31 Å². The highest BCUT2D eigenvalue weighted by Gasteiger charge is 2.32. The molecule has 1 heterocycles. The molecule has 2 aromatic carbocycles. The third-order valence-corrected chi connectivity index (χ3v) is 7.04. The van der Waals surface area contributed by atoms with Crippen LogP contribution in [0.4, 0.5) is 0 Å². The van der Waals surface area contributed by atoms with E-state index in [4.69, 9.17) is 4.74 Å². The van der Waals surface area contributed by atoms with E-state index in [2.05, 4.69) is 5.32 Å². The van der Waals surface area contributed by atoms with Crippen LogP contribution in [0.3, 0.4) is 0 Å². The van der Waals surface area contributed by atoms with Crippen LogP contribution in [-0.2, 0) is 26.1 Å². The Kier molecular flexibility index (Phi) is 7.46. The molecule has 7 nitrogen and oxygen atoms in total. The quantitative estimate of drug-likeness (QED) is 0.663. The molecule has 166 valence electrons. The summed E-state index contributed by atoms with van der Waals surface area (Å²) in [5.41, 5.74) is 1.02. The molecule has 0 spiro atoms. The van der Waals surface area contributed by atoms with Gasteiger partial charge in [0.1, 0.15) is 0 Å². The second kappa shape index (κ2) is 10.1. The van der Waals surface area contributed by atoms with Crippen molar-refractivity contribution in [1.82, 2.24) is 9.62 Å². The first-order valence-electron chi connectivity index (χ1n) is 10.3. The van der Waals surface area contributed by atoms with Crippen molar-refractivity contribution < 1.29 is 22.7 Å². The zero-order valence-corrected chi connectivity index (χ0v) is 18.6. The first kappa shape index (κ1) is 23.0. The fourth-order valence-corrected chi connectivity index (χ4v) is 5.52. The average Bonchev–Trinajstić information content (AvgIpc) is 2.76. The normalized spacial score (nSPS) is 19.5. The number of hydrogen-bond donors (Lipinski definition) is 1. The van der Waals surface area contributed by atoms with Gasteiger partial charge in [0.2, 0.25) is 10.0 Å². The number of amides is 1. The largest absolute Gasteiger partial charge is 0.452 e. The van der Waals surface area contributed by atoms with Crippen LogP contribution < -0.4 is 5.32 Å². The van der Waals surface area contributed by atoms with Gasteiger partial charge in [-0.3, -0.25) is 4.79 Å². The number of nitrogens with one attached hydrogen (secondary N) is 1. The first-order valence-corrected chi connectivity index (χ1v) is 11.8. The lowest BCUT2D eigenvalue weighted by Crippen LogP contribution is -2.42. The molecular formula is C23H28N2O5S. The molecule has 2 atom stereocenters. The maximum Gasteiger partial charge on any atom is 0.338 e. The molecule has 0 unspecified atom stereocenters. The van der Waals surface area contributed by atoms with Crippen LogP contribution in [0.15, 0.2) is 59.5 Å². The number of nitrogens with zero attached hydrogens (tertiary/aromatic N) is 1. The van der Waals surface area contributed by atoms with Gasteiger partial charge in [-0.15, -0.1) is 0 Å². The number of carbonyl (C=O) groups is 2. The van der Waals surface area contributed by atoms with Gasteiger partial charge in [-0.05, 0) is 42.0 Å². The maximum absolute atomic E-state index is 13.0. The van der Waals surface area contributed by atoms with Crippen LogP contribution in [0.25, 0.3) is 0 Å². The molecule has 8 heteroatoms. The Hall–Kier alpha value is -2.71. The highest BCUT2D eigenvalue weighted by molar-refractivity contribution is 7.89. The lowest BCUT2D eigenvalue weighted by atomic mass is 9.94. The monoisotopic (exact) mass is 444 g/mol. The van der Waals surface area contributed by atoms with Gasteiger partial charge in [0.25, 0.3) is 5.91 Å². The Labute approximate surface area is 183 Å². The SMILES string of the molecule is C[C@@H]1C[C@@H](C)CN(S(=O)(=O)c2cccc(C(=O)OCC(=O)NCc3ccccc3)c2)C1. The highest BCUT2D eigenvalue weighted by Crippen LogP contribution is 2.27. The van der Waals surface area contributed by atoms with Crippen molar-refractivity contribution in [2.24, 2.45) is 11.8 Å². The van der Waals surface area contributed by atoms with Crippen LogP contribution in [0, 0.1) is 11.8 Å². The average molecular weight is 445 g/mol. The Bertz CT molecular complexity index is 1010. The molecule has 0 aromatic heterocycles. The van der Waals surface area contributed by atoms with Crippen LogP contribution in [0.5, 0.6) is 0 Å². The molecule has 0 radical (unpaired) electrons. The zero-order chi connectivity index (χ0) is 22.4. The number of piperidine rings is 1. The number of rotatable bonds is 7. The van der Waals surface area contributed by atoms with Gasteiger partial charge in [0.05, 0.1) is 10.5 Å². The molecular weight excluding hydrogens is 416 g/mol. The molecule has 3 rings (SSSR count). The summed E-state index contributed by atoms with van der Waals surface area (Å²) in [6.45, 7) is 4.89. The Morgan fingerprint density at radius 3 is 2.39 bits per heavy atom. The standard InChI is InChI=1S/C23H28N2O5S/c1-17-11-18(2)15-25(14-17)31(28,29)21-10-6-9-20(12-21)23(27)30-16-22(26)24-13-19-7-4-3-5-8-19/h3-10,12,17-18H,11,13-16H2,1-2H3,(H,24,26)/t17-,18-/m1/s1.